The van der Waals surface area contributed by atoms with Gasteiger partial charge in [0, 0.05) is 16.2 Å². The van der Waals surface area contributed by atoms with Gasteiger partial charge in [0.25, 0.3) is 5.91 Å². The Kier molecular flexibility index (Phi) is 7.02. The van der Waals surface area contributed by atoms with Gasteiger partial charge in [-0.15, -0.1) is 0 Å². The Hall–Kier alpha value is -2.88. The second-order valence-corrected chi connectivity index (χ2v) is 8.55. The fourth-order valence-electron chi connectivity index (χ4n) is 3.05. The number of benzene rings is 3. The molecule has 0 aliphatic carbocycles. The zero-order valence-corrected chi connectivity index (χ0v) is 19.8. The third-order valence-electron chi connectivity index (χ3n) is 4.51. The van der Waals surface area contributed by atoms with E-state index < -0.39 is 18.4 Å². The quantitative estimate of drug-likeness (QED) is 0.227. The average molecular weight is 556 g/mol. The molecule has 1 aromatic heterocycles. The van der Waals surface area contributed by atoms with Crippen molar-refractivity contribution in [3.63, 3.8) is 0 Å². The summed E-state index contributed by atoms with van der Waals surface area (Å²) in [6.07, 6.45) is 0. The molecule has 0 aliphatic heterocycles. The van der Waals surface area contributed by atoms with Crippen LogP contribution in [0.5, 0.6) is 5.75 Å². The molecule has 0 aliphatic rings. The van der Waals surface area contributed by atoms with Crippen molar-refractivity contribution in [2.75, 3.05) is 23.9 Å². The van der Waals surface area contributed by atoms with Crippen molar-refractivity contribution in [2.45, 2.75) is 0 Å². The van der Waals surface area contributed by atoms with Gasteiger partial charge in [0.1, 0.15) is 24.8 Å². The van der Waals surface area contributed by atoms with E-state index in [9.17, 15) is 13.6 Å². The molecule has 0 unspecified atom stereocenters. The second kappa shape index (κ2) is 9.94. The van der Waals surface area contributed by atoms with E-state index in [-0.39, 0.29) is 39.6 Å². The number of anilines is 3. The molecule has 3 N–H and O–H groups in total. The first kappa shape index (κ1) is 23.3. The van der Waals surface area contributed by atoms with Crippen molar-refractivity contribution < 1.29 is 18.3 Å². The molecule has 170 valence electrons. The Balaban J connectivity index is 1.68. The SMILES string of the molecule is O=C(Nc1ccc(Br)cc1)c1cc2nc(Nc3c(Cl)cc(F)cc3Cl)[nH]c2cc1OCCF. The highest BCUT2D eigenvalue weighted by Crippen LogP contribution is 2.34. The van der Waals surface area contributed by atoms with Gasteiger partial charge in [-0.1, -0.05) is 39.1 Å². The summed E-state index contributed by atoms with van der Waals surface area (Å²) in [6, 6.07) is 12.3. The molecular formula is C22H15BrCl2F2N4O2. The molecule has 4 aromatic rings. The fraction of sp³-hybridized carbons (Fsp3) is 0.0909. The number of ether oxygens (including phenoxy) is 1. The molecule has 1 heterocycles. The number of rotatable bonds is 7. The number of carbonyl (C=O) groups excluding carboxylic acids is 1. The molecule has 0 saturated carbocycles. The van der Waals surface area contributed by atoms with Crippen molar-refractivity contribution in [1.82, 2.24) is 9.97 Å². The zero-order valence-electron chi connectivity index (χ0n) is 16.7. The van der Waals surface area contributed by atoms with Gasteiger partial charge in [0.05, 0.1) is 32.3 Å². The second-order valence-electron chi connectivity index (χ2n) is 6.82. The molecule has 0 bridgehead atoms. The van der Waals surface area contributed by atoms with Crippen molar-refractivity contribution in [2.24, 2.45) is 0 Å². The van der Waals surface area contributed by atoms with E-state index >= 15 is 0 Å². The van der Waals surface area contributed by atoms with Crippen LogP contribution in [-0.2, 0) is 0 Å². The van der Waals surface area contributed by atoms with Crippen LogP contribution in [-0.4, -0.2) is 29.2 Å². The molecule has 0 radical (unpaired) electrons. The Morgan fingerprint density at radius 3 is 2.48 bits per heavy atom. The van der Waals surface area contributed by atoms with Gasteiger partial charge in [-0.05, 0) is 42.5 Å². The number of aromatic amines is 1. The molecule has 0 spiro atoms. The lowest BCUT2D eigenvalue weighted by atomic mass is 10.1. The average Bonchev–Trinajstić information content (AvgIpc) is 3.17. The topological polar surface area (TPSA) is 79.0 Å². The van der Waals surface area contributed by atoms with Gasteiger partial charge in [-0.2, -0.15) is 0 Å². The van der Waals surface area contributed by atoms with E-state index in [1.165, 1.54) is 6.07 Å². The molecule has 1 amide bonds. The number of aromatic nitrogens is 2. The lowest BCUT2D eigenvalue weighted by Crippen LogP contribution is -2.14. The maximum atomic E-state index is 13.5. The molecule has 11 heteroatoms. The van der Waals surface area contributed by atoms with Gasteiger partial charge in [-0.25, -0.2) is 13.8 Å². The minimum absolute atomic E-state index is 0.0713. The zero-order chi connectivity index (χ0) is 23.5. The third kappa shape index (κ3) is 5.38. The minimum Gasteiger partial charge on any atom is -0.490 e. The number of nitrogens with one attached hydrogen (secondary N) is 3. The Bertz CT molecular complexity index is 1310. The summed E-state index contributed by atoms with van der Waals surface area (Å²) in [5.74, 6) is -0.587. The lowest BCUT2D eigenvalue weighted by Gasteiger charge is -2.11. The van der Waals surface area contributed by atoms with Crippen LogP contribution < -0.4 is 15.4 Å². The molecule has 3 aromatic carbocycles. The van der Waals surface area contributed by atoms with Gasteiger partial charge in [0.15, 0.2) is 0 Å². The summed E-state index contributed by atoms with van der Waals surface area (Å²) in [5, 5.41) is 5.83. The number of carbonyl (C=O) groups is 1. The van der Waals surface area contributed by atoms with Crippen LogP contribution in [0.15, 0.2) is 53.0 Å². The minimum atomic E-state index is -0.719. The van der Waals surface area contributed by atoms with E-state index in [1.807, 2.05) is 0 Å². The number of alkyl halides is 1. The van der Waals surface area contributed by atoms with Crippen LogP contribution in [0.4, 0.5) is 26.1 Å². The number of hydrogen-bond donors (Lipinski definition) is 3. The maximum absolute atomic E-state index is 13.5. The van der Waals surface area contributed by atoms with Crippen molar-refractivity contribution >= 4 is 73.4 Å². The third-order valence-corrected chi connectivity index (χ3v) is 5.64. The highest BCUT2D eigenvalue weighted by molar-refractivity contribution is 9.10. The highest BCUT2D eigenvalue weighted by atomic mass is 79.9. The van der Waals surface area contributed by atoms with Gasteiger partial charge in [-0.3, -0.25) is 4.79 Å². The molecular weight excluding hydrogens is 541 g/mol. The predicted molar refractivity (Wildman–Crippen MR) is 129 cm³/mol. The van der Waals surface area contributed by atoms with Gasteiger partial charge < -0.3 is 20.4 Å². The first-order valence-corrected chi connectivity index (χ1v) is 11.1. The van der Waals surface area contributed by atoms with Crippen molar-refractivity contribution in [3.05, 3.63) is 74.4 Å². The standard InChI is InChI=1S/C22H15BrCl2F2N4O2/c23-11-1-3-13(4-2-11)28-21(32)14-9-17-18(10-19(14)33-6-5-26)30-22(29-17)31-20-15(24)7-12(27)8-16(20)25/h1-4,7-10H,5-6H2,(H,28,32)(H2,29,30,31). The Labute approximate surface area is 205 Å². The monoisotopic (exact) mass is 554 g/mol. The van der Waals surface area contributed by atoms with E-state index in [2.05, 4.69) is 36.5 Å². The molecule has 0 fully saturated rings. The summed E-state index contributed by atoms with van der Waals surface area (Å²) in [7, 11) is 0. The van der Waals surface area contributed by atoms with Crippen LogP contribution in [0.25, 0.3) is 11.0 Å². The smallest absolute Gasteiger partial charge is 0.259 e. The molecule has 4 rings (SSSR count). The molecule has 0 atom stereocenters. The van der Waals surface area contributed by atoms with Crippen LogP contribution in [0.2, 0.25) is 10.0 Å². The summed E-state index contributed by atoms with van der Waals surface area (Å²) >= 11 is 15.5. The number of hydrogen-bond acceptors (Lipinski definition) is 4. The summed E-state index contributed by atoms with van der Waals surface area (Å²) in [5.41, 5.74) is 1.96. The predicted octanol–water partition coefficient (Wildman–Crippen LogP) is 7.12. The number of nitrogens with zero attached hydrogens (tertiary/aromatic N) is 1. The molecule has 33 heavy (non-hydrogen) atoms. The maximum Gasteiger partial charge on any atom is 0.259 e. The van der Waals surface area contributed by atoms with Crippen LogP contribution in [0.1, 0.15) is 10.4 Å². The molecule has 0 saturated heterocycles. The van der Waals surface area contributed by atoms with E-state index in [1.54, 1.807) is 30.3 Å². The van der Waals surface area contributed by atoms with Crippen LogP contribution in [0, 0.1) is 5.82 Å². The Morgan fingerprint density at radius 1 is 1.12 bits per heavy atom. The number of amides is 1. The molecule has 6 nitrogen and oxygen atoms in total. The largest absolute Gasteiger partial charge is 0.490 e. The van der Waals surface area contributed by atoms with Crippen molar-refractivity contribution in [3.8, 4) is 5.75 Å². The van der Waals surface area contributed by atoms with Crippen molar-refractivity contribution in [1.29, 1.82) is 0 Å². The van der Waals surface area contributed by atoms with Crippen LogP contribution in [0.3, 0.4) is 0 Å². The van der Waals surface area contributed by atoms with Crippen LogP contribution >= 0.6 is 39.1 Å². The number of H-pyrrole nitrogens is 1. The van der Waals surface area contributed by atoms with E-state index in [0.29, 0.717) is 16.7 Å². The van der Waals surface area contributed by atoms with E-state index in [0.717, 1.165) is 16.6 Å². The lowest BCUT2D eigenvalue weighted by molar-refractivity contribution is 0.102. The normalized spacial score (nSPS) is 10.9. The number of halogens is 5. The Morgan fingerprint density at radius 2 is 1.82 bits per heavy atom. The summed E-state index contributed by atoms with van der Waals surface area (Å²) < 4.78 is 32.5. The first-order chi connectivity index (χ1) is 15.8. The van der Waals surface area contributed by atoms with Gasteiger partial charge >= 0.3 is 0 Å². The highest BCUT2D eigenvalue weighted by Gasteiger charge is 2.18. The summed E-state index contributed by atoms with van der Waals surface area (Å²) in [6.45, 7) is -0.937. The fourth-order valence-corrected chi connectivity index (χ4v) is 3.87. The number of imidazole rings is 1. The number of fused-ring (bicyclic) bond motifs is 1. The first-order valence-electron chi connectivity index (χ1n) is 9.55. The summed E-state index contributed by atoms with van der Waals surface area (Å²) in [4.78, 5) is 20.3. The van der Waals surface area contributed by atoms with E-state index in [4.69, 9.17) is 27.9 Å². The van der Waals surface area contributed by atoms with Gasteiger partial charge in [0.2, 0.25) is 5.95 Å².